The molecule has 236 valence electrons. The molecule has 0 amide bonds. The highest BCUT2D eigenvalue weighted by Crippen LogP contribution is 2.21. The van der Waals surface area contributed by atoms with Crippen LogP contribution >= 0.6 is 0 Å². The Morgan fingerprint density at radius 1 is 0.622 bits per heavy atom. The highest BCUT2D eigenvalue weighted by atomic mass is 28.3. The van der Waals surface area contributed by atoms with Crippen molar-refractivity contribution in [3.05, 3.63) is 144 Å². The van der Waals surface area contributed by atoms with E-state index in [0.717, 1.165) is 22.3 Å². The molecule has 4 atom stereocenters. The summed E-state index contributed by atoms with van der Waals surface area (Å²) in [6.45, 7) is 8.58. The van der Waals surface area contributed by atoms with Crippen molar-refractivity contribution in [3.63, 3.8) is 0 Å². The zero-order chi connectivity index (χ0) is 31.7. The van der Waals surface area contributed by atoms with Crippen molar-refractivity contribution in [3.8, 4) is 11.5 Å². The van der Waals surface area contributed by atoms with Gasteiger partial charge < -0.3 is 24.6 Å². The maximum Gasteiger partial charge on any atom is 0.129 e. The van der Waals surface area contributed by atoms with Crippen molar-refractivity contribution in [1.82, 2.24) is 5.32 Å². The second-order valence-electron chi connectivity index (χ2n) is 12.3. The molecule has 0 aliphatic heterocycles. The Balaban J connectivity index is 1.63. The molecule has 0 bridgehead atoms. The minimum Gasteiger partial charge on any atom is -0.388 e. The molecule has 0 aliphatic rings. The van der Waals surface area contributed by atoms with Crippen LogP contribution in [0, 0.1) is 11.5 Å². The summed E-state index contributed by atoms with van der Waals surface area (Å²) in [7, 11) is -1.61. The third-order valence-electron chi connectivity index (χ3n) is 7.27. The van der Waals surface area contributed by atoms with Crippen LogP contribution in [-0.4, -0.2) is 44.1 Å². The summed E-state index contributed by atoms with van der Waals surface area (Å²) in [6, 6.07) is 40.2. The van der Waals surface area contributed by atoms with Crippen molar-refractivity contribution < 1.29 is 19.3 Å². The van der Waals surface area contributed by atoms with Gasteiger partial charge in [-0.15, -0.1) is 11.5 Å². The molecule has 0 aromatic heterocycles. The maximum absolute atomic E-state index is 11.7. The molecule has 1 unspecified atom stereocenters. The zero-order valence-corrected chi connectivity index (χ0v) is 27.8. The van der Waals surface area contributed by atoms with Crippen LogP contribution in [-0.2, 0) is 40.6 Å². The SMILES string of the molecule is C[Si](C)(C)C#CCC(NCc1ccccc1)[C@H](OCc1ccccc1)[C@@H](OCc1ccccc1)[C@H](O)COCc1ccccc1. The fourth-order valence-electron chi connectivity index (χ4n) is 4.94. The highest BCUT2D eigenvalue weighted by molar-refractivity contribution is 6.83. The smallest absolute Gasteiger partial charge is 0.129 e. The van der Waals surface area contributed by atoms with E-state index >= 15 is 0 Å². The molecule has 0 radical (unpaired) electrons. The van der Waals surface area contributed by atoms with Gasteiger partial charge in [0, 0.05) is 19.0 Å². The van der Waals surface area contributed by atoms with Gasteiger partial charge in [-0.1, -0.05) is 141 Å². The molecule has 0 spiro atoms. The van der Waals surface area contributed by atoms with Gasteiger partial charge in [-0.2, -0.15) is 0 Å². The number of rotatable bonds is 17. The quantitative estimate of drug-likeness (QED) is 0.0968. The zero-order valence-electron chi connectivity index (χ0n) is 26.8. The van der Waals surface area contributed by atoms with Crippen molar-refractivity contribution in [2.75, 3.05) is 6.61 Å². The van der Waals surface area contributed by atoms with Gasteiger partial charge in [0.15, 0.2) is 0 Å². The van der Waals surface area contributed by atoms with Crippen LogP contribution in [0.3, 0.4) is 0 Å². The van der Waals surface area contributed by atoms with Gasteiger partial charge in [0.1, 0.15) is 26.4 Å². The van der Waals surface area contributed by atoms with Crippen LogP contribution in [0.5, 0.6) is 0 Å². The first kappa shape index (κ1) is 34.3. The lowest BCUT2D eigenvalue weighted by Gasteiger charge is -2.36. The molecule has 2 N–H and O–H groups in total. The molecule has 0 heterocycles. The average Bonchev–Trinajstić information content (AvgIpc) is 3.06. The largest absolute Gasteiger partial charge is 0.388 e. The third kappa shape index (κ3) is 12.8. The average molecular weight is 622 g/mol. The first-order chi connectivity index (χ1) is 21.9. The van der Waals surface area contributed by atoms with Crippen molar-refractivity contribution in [1.29, 1.82) is 0 Å². The second-order valence-corrected chi connectivity index (χ2v) is 17.1. The number of hydrogen-bond donors (Lipinski definition) is 2. The Morgan fingerprint density at radius 2 is 1.07 bits per heavy atom. The molecule has 0 saturated heterocycles. The van der Waals surface area contributed by atoms with Gasteiger partial charge in [0.2, 0.25) is 0 Å². The standard InChI is InChI=1S/C39H47NO4Si/c1-45(2,3)26-16-25-36(40-27-32-17-8-4-9-18-32)38(43-29-34-21-12-6-13-22-34)39(44-30-35-23-14-7-15-24-35)37(41)31-42-28-33-19-10-5-11-20-33/h4-15,17-24,36-41H,25,27-31H2,1-3H3/t36?,37-,38+,39+/m1/s1. The number of benzene rings is 4. The predicted octanol–water partition coefficient (Wildman–Crippen LogP) is 7.16. The van der Waals surface area contributed by atoms with E-state index in [0.29, 0.717) is 32.8 Å². The number of nitrogens with one attached hydrogen (secondary N) is 1. The van der Waals surface area contributed by atoms with Crippen LogP contribution in [0.2, 0.25) is 19.6 Å². The Morgan fingerprint density at radius 3 is 1.56 bits per heavy atom. The summed E-state index contributed by atoms with van der Waals surface area (Å²) in [5.41, 5.74) is 7.81. The minimum atomic E-state index is -1.61. The molecule has 0 aliphatic carbocycles. The van der Waals surface area contributed by atoms with E-state index in [1.54, 1.807) is 0 Å². The Labute approximate surface area is 270 Å². The van der Waals surface area contributed by atoms with Gasteiger partial charge in [-0.25, -0.2) is 0 Å². The summed E-state index contributed by atoms with van der Waals surface area (Å²) in [5.74, 6) is 3.47. The van der Waals surface area contributed by atoms with Crippen molar-refractivity contribution >= 4 is 8.07 Å². The first-order valence-corrected chi connectivity index (χ1v) is 19.3. The second kappa shape index (κ2) is 18.4. The lowest BCUT2D eigenvalue weighted by Crippen LogP contribution is -2.53. The summed E-state index contributed by atoms with van der Waals surface area (Å²) in [6.07, 6.45) is -1.60. The number of ether oxygens (including phenoxy) is 3. The van der Waals surface area contributed by atoms with Crippen LogP contribution in [0.25, 0.3) is 0 Å². The van der Waals surface area contributed by atoms with Gasteiger partial charge in [-0.3, -0.25) is 0 Å². The summed E-state index contributed by atoms with van der Waals surface area (Å²) < 4.78 is 19.4. The summed E-state index contributed by atoms with van der Waals surface area (Å²) in [4.78, 5) is 0. The van der Waals surface area contributed by atoms with Crippen LogP contribution in [0.15, 0.2) is 121 Å². The van der Waals surface area contributed by atoms with E-state index in [2.05, 4.69) is 48.6 Å². The lowest BCUT2D eigenvalue weighted by atomic mass is 9.97. The lowest BCUT2D eigenvalue weighted by molar-refractivity contribution is -0.156. The van der Waals surface area contributed by atoms with Gasteiger partial charge in [0.05, 0.1) is 26.4 Å². The fraction of sp³-hybridized carbons (Fsp3) is 0.333. The molecular formula is C39H47NO4Si. The van der Waals surface area contributed by atoms with E-state index in [4.69, 9.17) is 14.2 Å². The maximum atomic E-state index is 11.7. The normalized spacial score (nSPS) is 14.1. The molecular weight excluding hydrogens is 575 g/mol. The molecule has 4 rings (SSSR count). The van der Waals surface area contributed by atoms with Crippen LogP contribution in [0.4, 0.5) is 0 Å². The molecule has 5 nitrogen and oxygen atoms in total. The van der Waals surface area contributed by atoms with E-state index in [1.807, 2.05) is 109 Å². The van der Waals surface area contributed by atoms with Crippen LogP contribution < -0.4 is 5.32 Å². The molecule has 0 saturated carbocycles. The molecule has 45 heavy (non-hydrogen) atoms. The summed E-state index contributed by atoms with van der Waals surface area (Å²) >= 11 is 0. The highest BCUT2D eigenvalue weighted by Gasteiger charge is 2.36. The van der Waals surface area contributed by atoms with Gasteiger partial charge in [-0.05, 0) is 22.3 Å². The number of hydrogen-bond acceptors (Lipinski definition) is 5. The third-order valence-corrected chi connectivity index (χ3v) is 8.19. The van der Waals surface area contributed by atoms with Crippen molar-refractivity contribution in [2.24, 2.45) is 0 Å². The Kier molecular flexibility index (Phi) is 14.1. The topological polar surface area (TPSA) is 60.0 Å². The van der Waals surface area contributed by atoms with Gasteiger partial charge >= 0.3 is 0 Å². The minimum absolute atomic E-state index is 0.103. The van der Waals surface area contributed by atoms with E-state index in [9.17, 15) is 5.11 Å². The van der Waals surface area contributed by atoms with Crippen LogP contribution in [0.1, 0.15) is 28.7 Å². The number of aliphatic hydroxyl groups excluding tert-OH is 1. The van der Waals surface area contributed by atoms with E-state index in [-0.39, 0.29) is 12.6 Å². The number of aliphatic hydroxyl groups is 1. The van der Waals surface area contributed by atoms with Crippen molar-refractivity contribution in [2.45, 2.75) is 76.8 Å². The molecule has 6 heteroatoms. The summed E-state index contributed by atoms with van der Waals surface area (Å²) in [5, 5.41) is 15.5. The Hall–Kier alpha value is -3.54. The predicted molar refractivity (Wildman–Crippen MR) is 185 cm³/mol. The van der Waals surface area contributed by atoms with E-state index < -0.39 is 26.4 Å². The van der Waals surface area contributed by atoms with Gasteiger partial charge in [0.25, 0.3) is 0 Å². The molecule has 4 aromatic carbocycles. The first-order valence-electron chi connectivity index (χ1n) is 15.8. The Bertz CT molecular complexity index is 1420. The van der Waals surface area contributed by atoms with E-state index in [1.165, 1.54) is 0 Å². The fourth-order valence-corrected chi connectivity index (χ4v) is 5.57. The monoisotopic (exact) mass is 621 g/mol. The molecule has 0 fully saturated rings. The molecule has 4 aromatic rings.